The van der Waals surface area contributed by atoms with Gasteiger partial charge in [0.2, 0.25) is 0 Å². The van der Waals surface area contributed by atoms with Crippen LogP contribution >= 0.6 is 0 Å². The predicted octanol–water partition coefficient (Wildman–Crippen LogP) is 1.64. The SMILES string of the molecule is Cc1ccc2[nH]c(=O)n(Cc3ccco3)c(=O)c2c1. The number of H-pyrrole nitrogens is 1. The van der Waals surface area contributed by atoms with Crippen LogP contribution in [0.1, 0.15) is 11.3 Å². The number of aromatic amines is 1. The highest BCUT2D eigenvalue weighted by Crippen LogP contribution is 2.08. The first kappa shape index (κ1) is 11.5. The van der Waals surface area contributed by atoms with Gasteiger partial charge in [0.25, 0.3) is 5.56 Å². The van der Waals surface area contributed by atoms with Crippen molar-refractivity contribution in [3.63, 3.8) is 0 Å². The molecule has 3 rings (SSSR count). The summed E-state index contributed by atoms with van der Waals surface area (Å²) in [7, 11) is 0. The summed E-state index contributed by atoms with van der Waals surface area (Å²) in [5, 5.41) is 0.506. The molecule has 0 saturated heterocycles. The van der Waals surface area contributed by atoms with Crippen molar-refractivity contribution in [3.8, 4) is 0 Å². The summed E-state index contributed by atoms with van der Waals surface area (Å²) in [6, 6.07) is 8.82. The molecule has 0 saturated carbocycles. The molecular formula is C14H12N2O3. The van der Waals surface area contributed by atoms with Crippen molar-refractivity contribution in [3.05, 3.63) is 68.8 Å². The molecule has 96 valence electrons. The van der Waals surface area contributed by atoms with Crippen LogP contribution in [0.5, 0.6) is 0 Å². The van der Waals surface area contributed by atoms with Crippen LogP contribution in [0.4, 0.5) is 0 Å². The quantitative estimate of drug-likeness (QED) is 0.757. The van der Waals surface area contributed by atoms with Crippen molar-refractivity contribution in [2.45, 2.75) is 13.5 Å². The zero-order valence-electron chi connectivity index (χ0n) is 10.3. The van der Waals surface area contributed by atoms with E-state index in [0.29, 0.717) is 16.7 Å². The van der Waals surface area contributed by atoms with E-state index in [1.165, 1.54) is 6.26 Å². The first-order valence-electron chi connectivity index (χ1n) is 5.91. The van der Waals surface area contributed by atoms with Crippen LogP contribution in [0, 0.1) is 6.92 Å². The second-order valence-corrected chi connectivity index (χ2v) is 4.45. The van der Waals surface area contributed by atoms with E-state index in [4.69, 9.17) is 4.42 Å². The third-order valence-electron chi connectivity index (χ3n) is 3.03. The molecule has 0 aliphatic carbocycles. The highest BCUT2D eigenvalue weighted by atomic mass is 16.3. The lowest BCUT2D eigenvalue weighted by atomic mass is 10.2. The van der Waals surface area contributed by atoms with Gasteiger partial charge in [0.15, 0.2) is 0 Å². The molecule has 0 aliphatic rings. The molecule has 0 bridgehead atoms. The average molecular weight is 256 g/mol. The first-order valence-corrected chi connectivity index (χ1v) is 5.91. The summed E-state index contributed by atoms with van der Waals surface area (Å²) >= 11 is 0. The number of aryl methyl sites for hydroxylation is 1. The largest absolute Gasteiger partial charge is 0.467 e. The minimum Gasteiger partial charge on any atom is -0.467 e. The van der Waals surface area contributed by atoms with Gasteiger partial charge in [-0.2, -0.15) is 0 Å². The zero-order chi connectivity index (χ0) is 13.4. The Kier molecular flexibility index (Phi) is 2.59. The van der Waals surface area contributed by atoms with Crippen LogP contribution in [-0.2, 0) is 6.54 Å². The maximum absolute atomic E-state index is 12.3. The van der Waals surface area contributed by atoms with E-state index in [0.717, 1.165) is 10.1 Å². The number of benzene rings is 1. The topological polar surface area (TPSA) is 68.0 Å². The Hall–Kier alpha value is -2.56. The Bertz CT molecular complexity index is 841. The Labute approximate surface area is 108 Å². The molecule has 0 fully saturated rings. The summed E-state index contributed by atoms with van der Waals surface area (Å²) in [4.78, 5) is 27.0. The lowest BCUT2D eigenvalue weighted by molar-refractivity contribution is 0.485. The smallest absolute Gasteiger partial charge is 0.329 e. The molecule has 0 radical (unpaired) electrons. The molecular weight excluding hydrogens is 244 g/mol. The van der Waals surface area contributed by atoms with Gasteiger partial charge in [0, 0.05) is 0 Å². The van der Waals surface area contributed by atoms with Crippen LogP contribution in [0.3, 0.4) is 0 Å². The third kappa shape index (κ3) is 1.99. The Morgan fingerprint density at radius 1 is 1.26 bits per heavy atom. The molecule has 2 heterocycles. The summed E-state index contributed by atoms with van der Waals surface area (Å²) in [6.07, 6.45) is 1.51. The normalized spacial score (nSPS) is 11.0. The van der Waals surface area contributed by atoms with E-state index in [1.807, 2.05) is 13.0 Å². The Morgan fingerprint density at radius 3 is 2.84 bits per heavy atom. The number of nitrogens with one attached hydrogen (secondary N) is 1. The van der Waals surface area contributed by atoms with Crippen LogP contribution < -0.4 is 11.2 Å². The van der Waals surface area contributed by atoms with Gasteiger partial charge < -0.3 is 9.40 Å². The number of furan rings is 1. The van der Waals surface area contributed by atoms with Gasteiger partial charge in [-0.25, -0.2) is 4.79 Å². The average Bonchev–Trinajstić information content (AvgIpc) is 2.89. The van der Waals surface area contributed by atoms with E-state index in [9.17, 15) is 9.59 Å². The molecule has 3 aromatic rings. The van der Waals surface area contributed by atoms with Gasteiger partial charge in [0.1, 0.15) is 5.76 Å². The number of rotatable bonds is 2. The summed E-state index contributed by atoms with van der Waals surface area (Å²) < 4.78 is 6.31. The first-order chi connectivity index (χ1) is 9.15. The second kappa shape index (κ2) is 4.28. The van der Waals surface area contributed by atoms with Crippen molar-refractivity contribution >= 4 is 10.9 Å². The molecule has 19 heavy (non-hydrogen) atoms. The number of nitrogens with zero attached hydrogens (tertiary/aromatic N) is 1. The molecule has 1 aromatic carbocycles. The monoisotopic (exact) mass is 256 g/mol. The van der Waals surface area contributed by atoms with E-state index >= 15 is 0 Å². The molecule has 0 unspecified atom stereocenters. The second-order valence-electron chi connectivity index (χ2n) is 4.45. The van der Waals surface area contributed by atoms with Crippen molar-refractivity contribution < 1.29 is 4.42 Å². The van der Waals surface area contributed by atoms with Gasteiger partial charge in [0.05, 0.1) is 23.7 Å². The van der Waals surface area contributed by atoms with Gasteiger partial charge in [-0.1, -0.05) is 11.6 Å². The zero-order valence-corrected chi connectivity index (χ0v) is 10.3. The Morgan fingerprint density at radius 2 is 2.11 bits per heavy atom. The fourth-order valence-electron chi connectivity index (χ4n) is 2.07. The van der Waals surface area contributed by atoms with Gasteiger partial charge in [-0.05, 0) is 31.2 Å². The van der Waals surface area contributed by atoms with Gasteiger partial charge in [-0.3, -0.25) is 9.36 Å². The maximum Gasteiger partial charge on any atom is 0.329 e. The van der Waals surface area contributed by atoms with Crippen LogP contribution in [0.25, 0.3) is 10.9 Å². The van der Waals surface area contributed by atoms with Crippen molar-refractivity contribution in [2.75, 3.05) is 0 Å². The highest BCUT2D eigenvalue weighted by molar-refractivity contribution is 5.77. The van der Waals surface area contributed by atoms with E-state index in [1.54, 1.807) is 24.3 Å². The van der Waals surface area contributed by atoms with Gasteiger partial charge >= 0.3 is 5.69 Å². The molecule has 0 spiro atoms. The summed E-state index contributed by atoms with van der Waals surface area (Å²) in [6.45, 7) is 2.03. The molecule has 0 aliphatic heterocycles. The number of aromatic nitrogens is 2. The third-order valence-corrected chi connectivity index (χ3v) is 3.03. The molecule has 5 heteroatoms. The van der Waals surface area contributed by atoms with E-state index < -0.39 is 5.69 Å². The van der Waals surface area contributed by atoms with E-state index in [-0.39, 0.29) is 12.1 Å². The summed E-state index contributed by atoms with van der Waals surface area (Å²) in [5.74, 6) is 0.569. The van der Waals surface area contributed by atoms with Crippen LogP contribution in [0.15, 0.2) is 50.6 Å². The molecule has 2 aromatic heterocycles. The lowest BCUT2D eigenvalue weighted by Crippen LogP contribution is -2.35. The van der Waals surface area contributed by atoms with Crippen molar-refractivity contribution in [2.24, 2.45) is 0 Å². The fraction of sp³-hybridized carbons (Fsp3) is 0.143. The van der Waals surface area contributed by atoms with Gasteiger partial charge in [-0.15, -0.1) is 0 Å². The van der Waals surface area contributed by atoms with Crippen LogP contribution in [0.2, 0.25) is 0 Å². The molecule has 1 N–H and O–H groups in total. The standard InChI is InChI=1S/C14H12N2O3/c1-9-4-5-12-11(7-9)13(17)16(14(18)15-12)8-10-3-2-6-19-10/h2-7H,8H2,1H3,(H,15,18). The van der Waals surface area contributed by atoms with Crippen molar-refractivity contribution in [1.29, 1.82) is 0 Å². The molecule has 5 nitrogen and oxygen atoms in total. The molecule has 0 atom stereocenters. The predicted molar refractivity (Wildman–Crippen MR) is 71.4 cm³/mol. The minimum absolute atomic E-state index is 0.130. The number of hydrogen-bond donors (Lipinski definition) is 1. The maximum atomic E-state index is 12.3. The summed E-state index contributed by atoms with van der Waals surface area (Å²) in [5.41, 5.74) is 0.786. The number of fused-ring (bicyclic) bond motifs is 1. The van der Waals surface area contributed by atoms with Crippen LogP contribution in [-0.4, -0.2) is 9.55 Å². The Balaban J connectivity index is 2.25. The minimum atomic E-state index is -0.433. The molecule has 0 amide bonds. The number of hydrogen-bond acceptors (Lipinski definition) is 3. The highest BCUT2D eigenvalue weighted by Gasteiger charge is 2.09. The van der Waals surface area contributed by atoms with Crippen molar-refractivity contribution in [1.82, 2.24) is 9.55 Å². The lowest BCUT2D eigenvalue weighted by Gasteiger charge is -2.05. The van der Waals surface area contributed by atoms with E-state index in [2.05, 4.69) is 4.98 Å². The fourth-order valence-corrected chi connectivity index (χ4v) is 2.07.